The van der Waals surface area contributed by atoms with Crippen molar-refractivity contribution < 1.29 is 13.9 Å². The topological polar surface area (TPSA) is 82.6 Å². The molecule has 8 heteroatoms. The van der Waals surface area contributed by atoms with E-state index in [0.29, 0.717) is 48.6 Å². The molecule has 1 aromatic carbocycles. The molecule has 0 saturated carbocycles. The van der Waals surface area contributed by atoms with Crippen molar-refractivity contribution in [1.82, 2.24) is 10.3 Å². The number of nitrogens with one attached hydrogen (secondary N) is 1. The van der Waals surface area contributed by atoms with Crippen LogP contribution < -0.4 is 10.2 Å². The largest absolute Gasteiger partial charge is 0.444 e. The van der Waals surface area contributed by atoms with Crippen molar-refractivity contribution in [2.45, 2.75) is 45.3 Å². The first-order valence-corrected chi connectivity index (χ1v) is 10.0. The maximum atomic E-state index is 14.0. The Morgan fingerprint density at radius 3 is 2.61 bits per heavy atom. The van der Waals surface area contributed by atoms with E-state index in [0.717, 1.165) is 0 Å². The number of hydrogen-bond donors (Lipinski definition) is 1. The summed E-state index contributed by atoms with van der Waals surface area (Å²) in [4.78, 5) is 21.8. The predicted molar refractivity (Wildman–Crippen MR) is 115 cm³/mol. The lowest BCUT2D eigenvalue weighted by molar-refractivity contribution is 0.0497. The van der Waals surface area contributed by atoms with Crippen LogP contribution in [0.1, 0.15) is 39.2 Å². The van der Waals surface area contributed by atoms with Gasteiger partial charge in [0, 0.05) is 24.7 Å². The highest BCUT2D eigenvalue weighted by atomic mass is 19.1. The van der Waals surface area contributed by atoms with Gasteiger partial charge in [0.1, 0.15) is 23.3 Å². The van der Waals surface area contributed by atoms with E-state index in [9.17, 15) is 14.4 Å². The van der Waals surface area contributed by atoms with Crippen LogP contribution in [0, 0.1) is 23.7 Å². The summed E-state index contributed by atoms with van der Waals surface area (Å²) < 4.78 is 19.3. The molecule has 3 rings (SSSR count). The zero-order chi connectivity index (χ0) is 22.6. The lowest BCUT2D eigenvalue weighted by Crippen LogP contribution is -2.46. The van der Waals surface area contributed by atoms with E-state index in [-0.39, 0.29) is 11.7 Å². The number of ether oxygens (including phenoxy) is 1. The third-order valence-electron chi connectivity index (χ3n) is 4.87. The molecule has 0 atom stereocenters. The average molecular weight is 421 g/mol. The average Bonchev–Trinajstić information content (AvgIpc) is 2.72. The Bertz CT molecular complexity index is 1060. The molecule has 1 aliphatic heterocycles. The number of nitrogens with zero attached hydrogens (tertiary/aromatic N) is 4. The highest BCUT2D eigenvalue weighted by molar-refractivity contribution is 5.69. The van der Waals surface area contributed by atoms with Crippen LogP contribution in [0.5, 0.6) is 0 Å². The second-order valence-electron chi connectivity index (χ2n) is 8.37. The van der Waals surface area contributed by atoms with Crippen LogP contribution in [0.25, 0.3) is 16.1 Å². The molecule has 2 aromatic rings. The van der Waals surface area contributed by atoms with Crippen LogP contribution in [0.4, 0.5) is 20.7 Å². The van der Waals surface area contributed by atoms with Crippen molar-refractivity contribution in [3.63, 3.8) is 0 Å². The number of hydrogen-bond acceptors (Lipinski definition) is 5. The Hall–Kier alpha value is -3.65. The summed E-state index contributed by atoms with van der Waals surface area (Å²) in [6.45, 7) is 13.6. The molecule has 1 N–H and O–H groups in total. The molecular weight excluding hydrogens is 397 g/mol. The van der Waals surface area contributed by atoms with Crippen LogP contribution in [0.15, 0.2) is 30.3 Å². The van der Waals surface area contributed by atoms with E-state index >= 15 is 0 Å². The van der Waals surface area contributed by atoms with Gasteiger partial charge in [-0.25, -0.2) is 19.0 Å². The molecule has 2 heterocycles. The molecule has 0 spiro atoms. The minimum Gasteiger partial charge on any atom is -0.444 e. The third kappa shape index (κ3) is 5.49. The number of amides is 1. The van der Waals surface area contributed by atoms with Gasteiger partial charge in [0.05, 0.1) is 17.8 Å². The molecule has 1 saturated heterocycles. The molecule has 0 bridgehead atoms. The lowest BCUT2D eigenvalue weighted by Gasteiger charge is -2.34. The van der Waals surface area contributed by atoms with Gasteiger partial charge in [0.2, 0.25) is 5.69 Å². The SMILES string of the molecule is [C-]#[N+]c1ccc(-c2ccc(C#N)c(N3CCC(NC(=O)OC(C)(C)C)CC3)n2)cc1F. The predicted octanol–water partition coefficient (Wildman–Crippen LogP) is 4.80. The quantitative estimate of drug-likeness (QED) is 0.720. The van der Waals surface area contributed by atoms with Gasteiger partial charge in [-0.05, 0) is 51.8 Å². The van der Waals surface area contributed by atoms with Gasteiger partial charge < -0.3 is 15.0 Å². The van der Waals surface area contributed by atoms with Crippen LogP contribution in [-0.2, 0) is 4.74 Å². The summed E-state index contributed by atoms with van der Waals surface area (Å²) in [5, 5.41) is 12.4. The van der Waals surface area contributed by atoms with Gasteiger partial charge in [-0.2, -0.15) is 5.26 Å². The number of piperidine rings is 1. The second-order valence-corrected chi connectivity index (χ2v) is 8.37. The third-order valence-corrected chi connectivity index (χ3v) is 4.87. The first-order chi connectivity index (χ1) is 14.7. The molecular formula is C23H24FN5O2. The summed E-state index contributed by atoms with van der Waals surface area (Å²) in [5.74, 6) is -0.0698. The molecule has 0 unspecified atom stereocenters. The Morgan fingerprint density at radius 1 is 1.32 bits per heavy atom. The van der Waals surface area contributed by atoms with Gasteiger partial charge in [0.15, 0.2) is 0 Å². The fourth-order valence-corrected chi connectivity index (χ4v) is 3.40. The Kier molecular flexibility index (Phi) is 6.41. The number of carbonyl (C=O) groups excluding carboxylic acids is 1. The summed E-state index contributed by atoms with van der Waals surface area (Å²) >= 11 is 0. The number of anilines is 1. The maximum Gasteiger partial charge on any atom is 0.407 e. The highest BCUT2D eigenvalue weighted by Crippen LogP contribution is 2.29. The number of pyridine rings is 1. The summed E-state index contributed by atoms with van der Waals surface area (Å²) in [7, 11) is 0. The minimum atomic E-state index is -0.603. The van der Waals surface area contributed by atoms with Crippen molar-refractivity contribution in [2.75, 3.05) is 18.0 Å². The van der Waals surface area contributed by atoms with Gasteiger partial charge >= 0.3 is 6.09 Å². The lowest BCUT2D eigenvalue weighted by atomic mass is 10.0. The van der Waals surface area contributed by atoms with Crippen molar-refractivity contribution in [1.29, 1.82) is 5.26 Å². The number of nitriles is 1. The summed E-state index contributed by atoms with van der Waals surface area (Å²) in [6, 6.07) is 9.83. The van der Waals surface area contributed by atoms with Gasteiger partial charge in [-0.15, -0.1) is 0 Å². The maximum absolute atomic E-state index is 14.0. The van der Waals surface area contributed by atoms with Crippen molar-refractivity contribution >= 4 is 17.6 Å². The molecule has 7 nitrogen and oxygen atoms in total. The van der Waals surface area contributed by atoms with E-state index in [1.165, 1.54) is 12.1 Å². The molecule has 1 amide bonds. The molecule has 1 aromatic heterocycles. The Balaban J connectivity index is 1.74. The molecule has 1 fully saturated rings. The number of benzene rings is 1. The number of carbonyl (C=O) groups is 1. The normalized spacial score (nSPS) is 14.5. The number of rotatable bonds is 3. The smallest absolute Gasteiger partial charge is 0.407 e. The summed E-state index contributed by atoms with van der Waals surface area (Å²) in [6.07, 6.45) is 0.933. The fourth-order valence-electron chi connectivity index (χ4n) is 3.40. The molecule has 0 aliphatic carbocycles. The Labute approximate surface area is 181 Å². The number of halogens is 1. The number of alkyl carbamates (subject to hydrolysis) is 1. The standard InChI is InChI=1S/C23H24FN5O2/c1-23(2,3)31-22(30)27-17-9-11-29(12-10-17)21-16(14-25)6-7-19(28-21)15-5-8-20(26-4)18(24)13-15/h5-8,13,17H,9-12H2,1-3H3,(H,27,30). The van der Waals surface area contributed by atoms with Crippen molar-refractivity contribution in [3.05, 3.63) is 53.1 Å². The second kappa shape index (κ2) is 9.01. The van der Waals surface area contributed by atoms with Gasteiger partial charge in [-0.3, -0.25) is 0 Å². The van der Waals surface area contributed by atoms with E-state index in [1.54, 1.807) is 18.2 Å². The molecule has 1 aliphatic rings. The van der Waals surface area contributed by atoms with Gasteiger partial charge in [0.25, 0.3) is 0 Å². The first-order valence-electron chi connectivity index (χ1n) is 10.0. The van der Waals surface area contributed by atoms with E-state index in [1.807, 2.05) is 25.7 Å². The van der Waals surface area contributed by atoms with E-state index in [4.69, 9.17) is 11.3 Å². The molecule has 0 radical (unpaired) electrons. The summed E-state index contributed by atoms with van der Waals surface area (Å²) in [5.41, 5.74) is 0.900. The number of aromatic nitrogens is 1. The Morgan fingerprint density at radius 2 is 2.03 bits per heavy atom. The van der Waals surface area contributed by atoms with Crippen LogP contribution in [0.2, 0.25) is 0 Å². The van der Waals surface area contributed by atoms with Crippen LogP contribution in [-0.4, -0.2) is 35.8 Å². The van der Waals surface area contributed by atoms with Crippen molar-refractivity contribution in [3.8, 4) is 17.3 Å². The zero-order valence-electron chi connectivity index (χ0n) is 17.8. The zero-order valence-corrected chi connectivity index (χ0v) is 17.8. The van der Waals surface area contributed by atoms with E-state index in [2.05, 4.69) is 21.2 Å². The molecule has 160 valence electrons. The van der Waals surface area contributed by atoms with E-state index < -0.39 is 17.5 Å². The fraction of sp³-hybridized carbons (Fsp3) is 0.391. The van der Waals surface area contributed by atoms with Crippen molar-refractivity contribution in [2.24, 2.45) is 0 Å². The highest BCUT2D eigenvalue weighted by Gasteiger charge is 2.25. The van der Waals surface area contributed by atoms with Crippen LogP contribution >= 0.6 is 0 Å². The first kappa shape index (κ1) is 22.0. The van der Waals surface area contributed by atoms with Crippen LogP contribution in [0.3, 0.4) is 0 Å². The van der Waals surface area contributed by atoms with Gasteiger partial charge in [-0.1, -0.05) is 12.1 Å². The minimum absolute atomic E-state index is 0.0184. The monoisotopic (exact) mass is 421 g/mol. The molecule has 31 heavy (non-hydrogen) atoms.